The third-order valence-corrected chi connectivity index (χ3v) is 1.52. The topological polar surface area (TPSA) is 60.8 Å². The fourth-order valence-corrected chi connectivity index (χ4v) is 0.995. The van der Waals surface area contributed by atoms with Gasteiger partial charge in [0.25, 0.3) is 0 Å². The Bertz CT molecular complexity index is 126. The second kappa shape index (κ2) is 5.35. The SMILES string of the molecule is Cl.[N-]=[N+]=NC1CCNCC1. The third-order valence-electron chi connectivity index (χ3n) is 1.52. The van der Waals surface area contributed by atoms with E-state index in [-0.39, 0.29) is 18.4 Å². The minimum Gasteiger partial charge on any atom is -0.317 e. The molecule has 0 aromatic rings. The van der Waals surface area contributed by atoms with Gasteiger partial charge in [0.15, 0.2) is 0 Å². The molecule has 0 radical (unpaired) electrons. The van der Waals surface area contributed by atoms with Crippen molar-refractivity contribution in [3.8, 4) is 0 Å². The van der Waals surface area contributed by atoms with Crippen LogP contribution in [0.5, 0.6) is 0 Å². The molecule has 4 nitrogen and oxygen atoms in total. The molecule has 10 heavy (non-hydrogen) atoms. The van der Waals surface area contributed by atoms with Crippen molar-refractivity contribution < 1.29 is 0 Å². The molecule has 0 atom stereocenters. The van der Waals surface area contributed by atoms with E-state index in [0.29, 0.717) is 0 Å². The molecule has 58 valence electrons. The maximum atomic E-state index is 8.06. The summed E-state index contributed by atoms with van der Waals surface area (Å²) in [6.45, 7) is 1.98. The lowest BCUT2D eigenvalue weighted by Crippen LogP contribution is -2.29. The molecule has 1 heterocycles. The fourth-order valence-electron chi connectivity index (χ4n) is 0.995. The molecule has 1 aliphatic rings. The average Bonchev–Trinajstić information content (AvgIpc) is 1.91. The number of hydrogen-bond donors (Lipinski definition) is 1. The number of nitrogens with one attached hydrogen (secondary N) is 1. The Kier molecular flexibility index (Phi) is 5.12. The average molecular weight is 163 g/mol. The molecule has 0 aliphatic carbocycles. The molecular formula is C5H11ClN4. The quantitative estimate of drug-likeness (QED) is 0.354. The molecule has 5 heteroatoms. The summed E-state index contributed by atoms with van der Waals surface area (Å²) in [4.78, 5) is 2.76. The van der Waals surface area contributed by atoms with Gasteiger partial charge in [-0.05, 0) is 31.5 Å². The highest BCUT2D eigenvalue weighted by atomic mass is 35.5. The molecule has 0 aromatic heterocycles. The summed E-state index contributed by atoms with van der Waals surface area (Å²) in [6.07, 6.45) is 1.98. The molecule has 1 saturated heterocycles. The highest BCUT2D eigenvalue weighted by Gasteiger charge is 2.09. The zero-order valence-electron chi connectivity index (χ0n) is 5.66. The van der Waals surface area contributed by atoms with Crippen LogP contribution in [0.4, 0.5) is 0 Å². The minimum atomic E-state index is 0. The van der Waals surface area contributed by atoms with E-state index in [1.807, 2.05) is 0 Å². The lowest BCUT2D eigenvalue weighted by molar-refractivity contribution is 0.457. The minimum absolute atomic E-state index is 0. The van der Waals surface area contributed by atoms with E-state index in [0.717, 1.165) is 25.9 Å². The standard InChI is InChI=1S/C5H10N4.ClH/c6-9-8-5-1-3-7-4-2-5;/h5,7H,1-4H2;1H. The first-order chi connectivity index (χ1) is 4.43. The number of piperidine rings is 1. The Morgan fingerprint density at radius 3 is 2.50 bits per heavy atom. The van der Waals surface area contributed by atoms with Crippen LogP contribution in [0.1, 0.15) is 12.8 Å². The first-order valence-corrected chi connectivity index (χ1v) is 3.18. The maximum Gasteiger partial charge on any atom is 0.0398 e. The van der Waals surface area contributed by atoms with Gasteiger partial charge in [0.1, 0.15) is 0 Å². The molecule has 0 amide bonds. The first kappa shape index (κ1) is 9.56. The van der Waals surface area contributed by atoms with Gasteiger partial charge in [0.2, 0.25) is 0 Å². The van der Waals surface area contributed by atoms with Crippen LogP contribution in [-0.2, 0) is 0 Å². The Balaban J connectivity index is 0.000000810. The van der Waals surface area contributed by atoms with Gasteiger partial charge in [-0.1, -0.05) is 5.11 Å². The summed E-state index contributed by atoms with van der Waals surface area (Å²) >= 11 is 0. The molecule has 1 N–H and O–H groups in total. The van der Waals surface area contributed by atoms with Crippen LogP contribution < -0.4 is 5.32 Å². The van der Waals surface area contributed by atoms with Crippen LogP contribution in [0.25, 0.3) is 10.4 Å². The summed E-state index contributed by atoms with van der Waals surface area (Å²) in [7, 11) is 0. The van der Waals surface area contributed by atoms with Crippen molar-refractivity contribution in [1.82, 2.24) is 5.32 Å². The van der Waals surface area contributed by atoms with Crippen LogP contribution in [0.2, 0.25) is 0 Å². The van der Waals surface area contributed by atoms with Crippen LogP contribution in [0.15, 0.2) is 5.11 Å². The number of rotatable bonds is 1. The van der Waals surface area contributed by atoms with Gasteiger partial charge in [-0.2, -0.15) is 0 Å². The summed E-state index contributed by atoms with van der Waals surface area (Å²) in [5.74, 6) is 0. The van der Waals surface area contributed by atoms with Gasteiger partial charge in [-0.25, -0.2) is 0 Å². The maximum absolute atomic E-state index is 8.06. The third kappa shape index (κ3) is 2.92. The Labute approximate surface area is 66.0 Å². The zero-order valence-corrected chi connectivity index (χ0v) is 6.47. The van der Waals surface area contributed by atoms with Gasteiger partial charge in [0, 0.05) is 11.0 Å². The van der Waals surface area contributed by atoms with Gasteiger partial charge < -0.3 is 5.32 Å². The molecule has 0 saturated carbocycles. The van der Waals surface area contributed by atoms with Crippen LogP contribution >= 0.6 is 12.4 Å². The summed E-state index contributed by atoms with van der Waals surface area (Å²) in [6, 6.07) is 0.247. The van der Waals surface area contributed by atoms with E-state index in [4.69, 9.17) is 5.53 Å². The Morgan fingerprint density at radius 2 is 2.00 bits per heavy atom. The smallest absolute Gasteiger partial charge is 0.0398 e. The van der Waals surface area contributed by atoms with Crippen molar-refractivity contribution in [3.63, 3.8) is 0 Å². The van der Waals surface area contributed by atoms with E-state index in [2.05, 4.69) is 15.3 Å². The van der Waals surface area contributed by atoms with E-state index in [1.165, 1.54) is 0 Å². The van der Waals surface area contributed by atoms with Crippen molar-refractivity contribution in [2.75, 3.05) is 13.1 Å². The first-order valence-electron chi connectivity index (χ1n) is 3.18. The molecule has 1 rings (SSSR count). The fraction of sp³-hybridized carbons (Fsp3) is 1.00. The molecule has 0 aromatic carbocycles. The van der Waals surface area contributed by atoms with Crippen molar-refractivity contribution in [3.05, 3.63) is 10.4 Å². The number of azide groups is 1. The largest absolute Gasteiger partial charge is 0.317 e. The Morgan fingerprint density at radius 1 is 1.40 bits per heavy atom. The molecular weight excluding hydrogens is 152 g/mol. The predicted octanol–water partition coefficient (Wildman–Crippen LogP) is 1.47. The van der Waals surface area contributed by atoms with Crippen molar-refractivity contribution >= 4 is 12.4 Å². The second-order valence-electron chi connectivity index (χ2n) is 2.19. The van der Waals surface area contributed by atoms with Gasteiger partial charge in [-0.15, -0.1) is 12.4 Å². The van der Waals surface area contributed by atoms with Crippen LogP contribution in [0, 0.1) is 0 Å². The van der Waals surface area contributed by atoms with Gasteiger partial charge >= 0.3 is 0 Å². The zero-order chi connectivity index (χ0) is 6.53. The van der Waals surface area contributed by atoms with E-state index in [1.54, 1.807) is 0 Å². The van der Waals surface area contributed by atoms with Crippen LogP contribution in [-0.4, -0.2) is 19.1 Å². The second-order valence-corrected chi connectivity index (χ2v) is 2.19. The molecule has 0 unspecified atom stereocenters. The van der Waals surface area contributed by atoms with Crippen molar-refractivity contribution in [2.24, 2.45) is 5.11 Å². The molecule has 1 aliphatic heterocycles. The van der Waals surface area contributed by atoms with E-state index in [9.17, 15) is 0 Å². The predicted molar refractivity (Wildman–Crippen MR) is 42.3 cm³/mol. The van der Waals surface area contributed by atoms with Crippen LogP contribution in [0.3, 0.4) is 0 Å². The lowest BCUT2D eigenvalue weighted by Gasteiger charge is -2.16. The summed E-state index contributed by atoms with van der Waals surface area (Å²) < 4.78 is 0. The van der Waals surface area contributed by atoms with Gasteiger partial charge in [0.05, 0.1) is 0 Å². The number of halogens is 1. The molecule has 1 fully saturated rings. The summed E-state index contributed by atoms with van der Waals surface area (Å²) in [5.41, 5.74) is 8.06. The molecule has 0 bridgehead atoms. The lowest BCUT2D eigenvalue weighted by atomic mass is 10.1. The normalized spacial score (nSPS) is 18.8. The summed E-state index contributed by atoms with van der Waals surface area (Å²) in [5, 5.41) is 6.81. The van der Waals surface area contributed by atoms with E-state index < -0.39 is 0 Å². The highest BCUT2D eigenvalue weighted by molar-refractivity contribution is 5.85. The number of nitrogens with zero attached hydrogens (tertiary/aromatic N) is 3. The van der Waals surface area contributed by atoms with E-state index >= 15 is 0 Å². The number of hydrogen-bond acceptors (Lipinski definition) is 2. The van der Waals surface area contributed by atoms with Crippen molar-refractivity contribution in [1.29, 1.82) is 0 Å². The molecule has 0 spiro atoms. The van der Waals surface area contributed by atoms with Gasteiger partial charge in [-0.3, -0.25) is 0 Å². The van der Waals surface area contributed by atoms with Crippen molar-refractivity contribution in [2.45, 2.75) is 18.9 Å². The Hall–Kier alpha value is -0.440. The monoisotopic (exact) mass is 162 g/mol. The highest BCUT2D eigenvalue weighted by Crippen LogP contribution is 2.05.